The zero-order chi connectivity index (χ0) is 13.6. The number of hydrogen-bond acceptors (Lipinski definition) is 5. The Morgan fingerprint density at radius 1 is 1.22 bits per heavy atom. The Labute approximate surface area is 107 Å². The molecule has 6 heteroatoms. The first kappa shape index (κ1) is 14.5. The molecule has 0 bridgehead atoms. The van der Waals surface area contributed by atoms with Crippen molar-refractivity contribution < 1.29 is 22.7 Å². The first-order chi connectivity index (χ1) is 8.42. The van der Waals surface area contributed by atoms with E-state index in [9.17, 15) is 13.2 Å². The number of rotatable bonds is 6. The fourth-order valence-corrected chi connectivity index (χ4v) is 1.60. The summed E-state index contributed by atoms with van der Waals surface area (Å²) in [6.07, 6.45) is 1.15. The van der Waals surface area contributed by atoms with Crippen LogP contribution < -0.4 is 4.74 Å². The van der Waals surface area contributed by atoms with Crippen LogP contribution in [0.25, 0.3) is 0 Å². The van der Waals surface area contributed by atoms with Crippen LogP contribution in [-0.4, -0.2) is 39.6 Å². The first-order valence-electron chi connectivity index (χ1n) is 5.50. The molecule has 0 radical (unpaired) electrons. The van der Waals surface area contributed by atoms with Crippen molar-refractivity contribution in [3.05, 3.63) is 29.8 Å². The summed E-state index contributed by atoms with van der Waals surface area (Å²) in [4.78, 5) is 11.4. The fraction of sp³-hybridized carbons (Fsp3) is 0.417. The quantitative estimate of drug-likeness (QED) is 0.730. The topological polar surface area (TPSA) is 69.7 Å². The molecule has 0 saturated heterocycles. The van der Waals surface area contributed by atoms with E-state index in [0.29, 0.717) is 17.9 Å². The summed E-state index contributed by atoms with van der Waals surface area (Å²) in [7, 11) is -3.02. The van der Waals surface area contributed by atoms with Crippen LogP contribution in [0.4, 0.5) is 0 Å². The summed E-state index contributed by atoms with van der Waals surface area (Å²) in [5.74, 6) is 0.0963. The standard InChI is InChI=1S/C12H16O5S/c1-3-16-12(13)10-4-6-11(7-5-10)17-8-9-18(2,14)15/h4-7H,3,8-9H2,1-2H3. The normalized spacial score (nSPS) is 11.0. The zero-order valence-corrected chi connectivity index (χ0v) is 11.2. The highest BCUT2D eigenvalue weighted by Crippen LogP contribution is 2.13. The van der Waals surface area contributed by atoms with Gasteiger partial charge < -0.3 is 9.47 Å². The van der Waals surface area contributed by atoms with Gasteiger partial charge in [-0.2, -0.15) is 0 Å². The number of carbonyl (C=O) groups is 1. The minimum atomic E-state index is -3.02. The third kappa shape index (κ3) is 5.18. The number of hydrogen-bond donors (Lipinski definition) is 0. The molecule has 0 aliphatic carbocycles. The molecule has 0 aliphatic heterocycles. The van der Waals surface area contributed by atoms with E-state index in [1.165, 1.54) is 0 Å². The first-order valence-corrected chi connectivity index (χ1v) is 7.56. The molecular formula is C12H16O5S. The summed E-state index contributed by atoms with van der Waals surface area (Å²) in [5, 5.41) is 0. The van der Waals surface area contributed by atoms with Gasteiger partial charge in [-0.3, -0.25) is 0 Å². The van der Waals surface area contributed by atoms with Crippen LogP contribution >= 0.6 is 0 Å². The smallest absolute Gasteiger partial charge is 0.338 e. The lowest BCUT2D eigenvalue weighted by Gasteiger charge is -2.06. The maximum absolute atomic E-state index is 11.4. The Hall–Kier alpha value is -1.56. The molecule has 0 spiro atoms. The number of benzene rings is 1. The lowest BCUT2D eigenvalue weighted by Crippen LogP contribution is -2.12. The molecule has 0 fully saturated rings. The van der Waals surface area contributed by atoms with E-state index in [-0.39, 0.29) is 18.3 Å². The lowest BCUT2D eigenvalue weighted by molar-refractivity contribution is 0.0526. The van der Waals surface area contributed by atoms with Gasteiger partial charge in [0.05, 0.1) is 17.9 Å². The van der Waals surface area contributed by atoms with Crippen molar-refractivity contribution in [3.8, 4) is 5.75 Å². The van der Waals surface area contributed by atoms with Crippen molar-refractivity contribution >= 4 is 15.8 Å². The van der Waals surface area contributed by atoms with Gasteiger partial charge in [0.25, 0.3) is 0 Å². The van der Waals surface area contributed by atoms with Crippen LogP contribution in [0, 0.1) is 0 Å². The van der Waals surface area contributed by atoms with Crippen LogP contribution in [-0.2, 0) is 14.6 Å². The molecular weight excluding hydrogens is 256 g/mol. The van der Waals surface area contributed by atoms with Crippen molar-refractivity contribution in [1.29, 1.82) is 0 Å². The molecule has 0 saturated carbocycles. The second-order valence-corrected chi connectivity index (χ2v) is 5.98. The van der Waals surface area contributed by atoms with Crippen LogP contribution in [0.15, 0.2) is 24.3 Å². The fourth-order valence-electron chi connectivity index (χ4n) is 1.21. The molecule has 0 atom stereocenters. The minimum absolute atomic E-state index is 0.0351. The SMILES string of the molecule is CCOC(=O)c1ccc(OCCS(C)(=O)=O)cc1. The van der Waals surface area contributed by atoms with Crippen molar-refractivity contribution in [2.75, 3.05) is 25.2 Å². The second kappa shape index (κ2) is 6.39. The summed E-state index contributed by atoms with van der Waals surface area (Å²) in [6.45, 7) is 2.16. The Morgan fingerprint density at radius 2 is 1.83 bits per heavy atom. The third-order valence-corrected chi connectivity index (χ3v) is 3.00. The third-order valence-electron chi connectivity index (χ3n) is 2.09. The lowest BCUT2D eigenvalue weighted by atomic mass is 10.2. The molecule has 5 nitrogen and oxygen atoms in total. The van der Waals surface area contributed by atoms with Gasteiger partial charge in [-0.15, -0.1) is 0 Å². The number of esters is 1. The van der Waals surface area contributed by atoms with Crippen molar-refractivity contribution in [2.45, 2.75) is 6.92 Å². The van der Waals surface area contributed by atoms with Crippen LogP contribution in [0.3, 0.4) is 0 Å². The highest BCUT2D eigenvalue weighted by Gasteiger charge is 2.06. The van der Waals surface area contributed by atoms with E-state index in [1.54, 1.807) is 31.2 Å². The second-order valence-electron chi connectivity index (χ2n) is 3.72. The van der Waals surface area contributed by atoms with Gasteiger partial charge in [0.15, 0.2) is 9.84 Å². The predicted octanol–water partition coefficient (Wildman–Crippen LogP) is 1.29. The van der Waals surface area contributed by atoms with Gasteiger partial charge in [-0.1, -0.05) is 0 Å². The molecule has 100 valence electrons. The molecule has 0 aliphatic rings. The summed E-state index contributed by atoms with van der Waals surface area (Å²) < 4.78 is 31.9. The minimum Gasteiger partial charge on any atom is -0.493 e. The van der Waals surface area contributed by atoms with Crippen LogP contribution in [0.1, 0.15) is 17.3 Å². The maximum atomic E-state index is 11.4. The molecule has 1 rings (SSSR count). The Bertz CT molecular complexity index is 490. The molecule has 0 unspecified atom stereocenters. The highest BCUT2D eigenvalue weighted by atomic mass is 32.2. The van der Waals surface area contributed by atoms with Gasteiger partial charge in [0, 0.05) is 6.26 Å². The number of ether oxygens (including phenoxy) is 2. The predicted molar refractivity (Wildman–Crippen MR) is 67.6 cm³/mol. The Balaban J connectivity index is 2.53. The average Bonchev–Trinajstić information content (AvgIpc) is 2.28. The van der Waals surface area contributed by atoms with Crippen molar-refractivity contribution in [3.63, 3.8) is 0 Å². The maximum Gasteiger partial charge on any atom is 0.338 e. The zero-order valence-electron chi connectivity index (χ0n) is 10.4. The van der Waals surface area contributed by atoms with E-state index in [1.807, 2.05) is 0 Å². The van der Waals surface area contributed by atoms with Gasteiger partial charge in [0.2, 0.25) is 0 Å². The Morgan fingerprint density at radius 3 is 2.33 bits per heavy atom. The number of carbonyl (C=O) groups excluding carboxylic acids is 1. The van der Waals surface area contributed by atoms with E-state index < -0.39 is 9.84 Å². The van der Waals surface area contributed by atoms with Crippen LogP contribution in [0.5, 0.6) is 5.75 Å². The number of sulfone groups is 1. The van der Waals surface area contributed by atoms with Gasteiger partial charge >= 0.3 is 5.97 Å². The molecule has 0 heterocycles. The van der Waals surface area contributed by atoms with Gasteiger partial charge in [-0.25, -0.2) is 13.2 Å². The van der Waals surface area contributed by atoms with Crippen LogP contribution in [0.2, 0.25) is 0 Å². The Kier molecular flexibility index (Phi) is 5.15. The molecule has 1 aromatic carbocycles. The molecule has 18 heavy (non-hydrogen) atoms. The van der Waals surface area contributed by atoms with E-state index >= 15 is 0 Å². The van der Waals surface area contributed by atoms with Crippen molar-refractivity contribution in [1.82, 2.24) is 0 Å². The average molecular weight is 272 g/mol. The highest BCUT2D eigenvalue weighted by molar-refractivity contribution is 7.90. The summed E-state index contributed by atoms with van der Waals surface area (Å²) in [5.41, 5.74) is 0.437. The molecule has 0 N–H and O–H groups in total. The molecule has 0 aromatic heterocycles. The van der Waals surface area contributed by atoms with E-state index in [2.05, 4.69) is 0 Å². The molecule has 0 amide bonds. The molecule has 1 aromatic rings. The van der Waals surface area contributed by atoms with E-state index in [0.717, 1.165) is 6.26 Å². The van der Waals surface area contributed by atoms with E-state index in [4.69, 9.17) is 9.47 Å². The summed E-state index contributed by atoms with van der Waals surface area (Å²) in [6, 6.07) is 6.37. The van der Waals surface area contributed by atoms with Crippen molar-refractivity contribution in [2.24, 2.45) is 0 Å². The van der Waals surface area contributed by atoms with Gasteiger partial charge in [-0.05, 0) is 31.2 Å². The monoisotopic (exact) mass is 272 g/mol. The largest absolute Gasteiger partial charge is 0.493 e. The summed E-state index contributed by atoms with van der Waals surface area (Å²) >= 11 is 0. The van der Waals surface area contributed by atoms with Gasteiger partial charge in [0.1, 0.15) is 12.4 Å².